The molecule has 1 atom stereocenters. The van der Waals surface area contributed by atoms with E-state index < -0.39 is 0 Å². The molecule has 88 valence electrons. The first-order valence-electron chi connectivity index (χ1n) is 5.99. The Kier molecular flexibility index (Phi) is 4.58. The standard InChI is InChI=1S/C12H24N2O/c1-12(2,3)14-11(15)9-10-5-4-7-13-8-6-10/h10,13H,4-9H2,1-3H3,(H,14,15). The molecule has 1 saturated heterocycles. The summed E-state index contributed by atoms with van der Waals surface area (Å²) < 4.78 is 0. The van der Waals surface area contributed by atoms with Gasteiger partial charge in [0.15, 0.2) is 0 Å². The molecule has 0 aromatic carbocycles. The normalized spacial score (nSPS) is 23.3. The van der Waals surface area contributed by atoms with E-state index in [1.807, 2.05) is 20.8 Å². The van der Waals surface area contributed by atoms with Gasteiger partial charge in [-0.2, -0.15) is 0 Å². The SMILES string of the molecule is CC(C)(C)NC(=O)CC1CCCNCC1. The van der Waals surface area contributed by atoms with Crippen LogP contribution in [0.1, 0.15) is 46.5 Å². The lowest BCUT2D eigenvalue weighted by atomic mass is 9.96. The number of carbonyl (C=O) groups is 1. The highest BCUT2D eigenvalue weighted by Gasteiger charge is 2.19. The Labute approximate surface area is 93.0 Å². The van der Waals surface area contributed by atoms with Gasteiger partial charge in [0.05, 0.1) is 0 Å². The second kappa shape index (κ2) is 5.50. The average Bonchev–Trinajstić information content (AvgIpc) is 2.28. The third-order valence-electron chi connectivity index (χ3n) is 2.68. The fraction of sp³-hybridized carbons (Fsp3) is 0.917. The van der Waals surface area contributed by atoms with Crippen LogP contribution in [0.15, 0.2) is 0 Å². The second-order valence-corrected chi connectivity index (χ2v) is 5.55. The lowest BCUT2D eigenvalue weighted by Gasteiger charge is -2.22. The lowest BCUT2D eigenvalue weighted by Crippen LogP contribution is -2.41. The highest BCUT2D eigenvalue weighted by molar-refractivity contribution is 5.76. The van der Waals surface area contributed by atoms with Crippen molar-refractivity contribution in [1.82, 2.24) is 10.6 Å². The molecule has 0 aromatic rings. The lowest BCUT2D eigenvalue weighted by molar-refractivity contribution is -0.123. The molecule has 1 fully saturated rings. The zero-order valence-electron chi connectivity index (χ0n) is 10.2. The van der Waals surface area contributed by atoms with E-state index in [2.05, 4.69) is 10.6 Å². The number of hydrogen-bond acceptors (Lipinski definition) is 2. The molecule has 0 aliphatic carbocycles. The Bertz CT molecular complexity index is 200. The van der Waals surface area contributed by atoms with Gasteiger partial charge in [0.2, 0.25) is 5.91 Å². The van der Waals surface area contributed by atoms with Crippen molar-refractivity contribution < 1.29 is 4.79 Å². The highest BCUT2D eigenvalue weighted by atomic mass is 16.1. The molecule has 3 nitrogen and oxygen atoms in total. The molecule has 0 radical (unpaired) electrons. The molecule has 0 bridgehead atoms. The minimum absolute atomic E-state index is 0.0972. The Morgan fingerprint density at radius 2 is 2.07 bits per heavy atom. The Balaban J connectivity index is 2.30. The van der Waals surface area contributed by atoms with Gasteiger partial charge in [0.25, 0.3) is 0 Å². The number of rotatable bonds is 2. The van der Waals surface area contributed by atoms with E-state index >= 15 is 0 Å². The molecule has 15 heavy (non-hydrogen) atoms. The smallest absolute Gasteiger partial charge is 0.220 e. The predicted octanol–water partition coefficient (Wildman–Crippen LogP) is 1.68. The molecular formula is C12H24N2O. The van der Waals surface area contributed by atoms with E-state index in [1.165, 1.54) is 12.8 Å². The molecule has 1 aliphatic heterocycles. The number of hydrogen-bond donors (Lipinski definition) is 2. The molecule has 1 heterocycles. The van der Waals surface area contributed by atoms with Crippen LogP contribution in [0, 0.1) is 5.92 Å². The van der Waals surface area contributed by atoms with Crippen LogP contribution in [0.4, 0.5) is 0 Å². The summed E-state index contributed by atoms with van der Waals surface area (Å²) in [6.45, 7) is 8.25. The predicted molar refractivity (Wildman–Crippen MR) is 62.7 cm³/mol. The first-order valence-corrected chi connectivity index (χ1v) is 5.99. The third kappa shape index (κ3) is 5.78. The quantitative estimate of drug-likeness (QED) is 0.731. The summed E-state index contributed by atoms with van der Waals surface area (Å²) in [5.41, 5.74) is -0.0972. The first kappa shape index (κ1) is 12.5. The average molecular weight is 212 g/mol. The summed E-state index contributed by atoms with van der Waals surface area (Å²) in [6.07, 6.45) is 4.22. The molecule has 1 unspecified atom stereocenters. The molecule has 0 saturated carbocycles. The van der Waals surface area contributed by atoms with E-state index in [0.717, 1.165) is 19.5 Å². The Hall–Kier alpha value is -0.570. The molecular weight excluding hydrogens is 188 g/mol. The number of nitrogens with one attached hydrogen (secondary N) is 2. The zero-order chi connectivity index (χ0) is 11.3. The van der Waals surface area contributed by atoms with Crippen LogP contribution in [0.5, 0.6) is 0 Å². The fourth-order valence-electron chi connectivity index (χ4n) is 2.03. The van der Waals surface area contributed by atoms with Gasteiger partial charge in [-0.3, -0.25) is 4.79 Å². The van der Waals surface area contributed by atoms with Gasteiger partial charge >= 0.3 is 0 Å². The summed E-state index contributed by atoms with van der Waals surface area (Å²) >= 11 is 0. The Morgan fingerprint density at radius 1 is 1.33 bits per heavy atom. The van der Waals surface area contributed by atoms with Crippen molar-refractivity contribution >= 4 is 5.91 Å². The molecule has 3 heteroatoms. The van der Waals surface area contributed by atoms with Crippen molar-refractivity contribution in [3.8, 4) is 0 Å². The van der Waals surface area contributed by atoms with Crippen LogP contribution in [-0.2, 0) is 4.79 Å². The number of carbonyl (C=O) groups excluding carboxylic acids is 1. The third-order valence-corrected chi connectivity index (χ3v) is 2.68. The van der Waals surface area contributed by atoms with E-state index in [-0.39, 0.29) is 11.4 Å². The van der Waals surface area contributed by atoms with Gasteiger partial charge in [0, 0.05) is 12.0 Å². The van der Waals surface area contributed by atoms with Crippen LogP contribution in [0.3, 0.4) is 0 Å². The van der Waals surface area contributed by atoms with Crippen LogP contribution in [0.2, 0.25) is 0 Å². The van der Waals surface area contributed by atoms with Crippen molar-refractivity contribution in [2.45, 2.75) is 52.0 Å². The molecule has 2 N–H and O–H groups in total. The summed E-state index contributed by atoms with van der Waals surface area (Å²) in [5.74, 6) is 0.775. The van der Waals surface area contributed by atoms with Gasteiger partial charge < -0.3 is 10.6 Å². The topological polar surface area (TPSA) is 41.1 Å². The van der Waals surface area contributed by atoms with Crippen LogP contribution in [0.25, 0.3) is 0 Å². The summed E-state index contributed by atoms with van der Waals surface area (Å²) in [4.78, 5) is 11.7. The van der Waals surface area contributed by atoms with Gasteiger partial charge in [-0.25, -0.2) is 0 Å². The highest BCUT2D eigenvalue weighted by Crippen LogP contribution is 2.17. The Morgan fingerprint density at radius 3 is 2.73 bits per heavy atom. The first-order chi connectivity index (χ1) is 6.97. The minimum Gasteiger partial charge on any atom is -0.352 e. The van der Waals surface area contributed by atoms with Gasteiger partial charge in [-0.1, -0.05) is 0 Å². The number of amides is 1. The van der Waals surface area contributed by atoms with Gasteiger partial charge in [0.1, 0.15) is 0 Å². The van der Waals surface area contributed by atoms with Gasteiger partial charge in [-0.15, -0.1) is 0 Å². The molecule has 1 amide bonds. The maximum absolute atomic E-state index is 11.7. The van der Waals surface area contributed by atoms with Gasteiger partial charge in [-0.05, 0) is 59.0 Å². The van der Waals surface area contributed by atoms with Crippen molar-refractivity contribution in [3.05, 3.63) is 0 Å². The van der Waals surface area contributed by atoms with Crippen molar-refractivity contribution in [2.75, 3.05) is 13.1 Å². The van der Waals surface area contributed by atoms with E-state index in [4.69, 9.17) is 0 Å². The van der Waals surface area contributed by atoms with E-state index in [9.17, 15) is 4.79 Å². The van der Waals surface area contributed by atoms with E-state index in [1.54, 1.807) is 0 Å². The van der Waals surface area contributed by atoms with Crippen molar-refractivity contribution in [1.29, 1.82) is 0 Å². The minimum atomic E-state index is -0.0972. The summed E-state index contributed by atoms with van der Waals surface area (Å²) in [7, 11) is 0. The maximum atomic E-state index is 11.7. The van der Waals surface area contributed by atoms with Crippen LogP contribution in [-0.4, -0.2) is 24.5 Å². The van der Waals surface area contributed by atoms with Crippen molar-refractivity contribution in [2.24, 2.45) is 5.92 Å². The second-order valence-electron chi connectivity index (χ2n) is 5.55. The molecule has 1 aliphatic rings. The molecule has 0 spiro atoms. The van der Waals surface area contributed by atoms with Crippen LogP contribution >= 0.6 is 0 Å². The monoisotopic (exact) mass is 212 g/mol. The fourth-order valence-corrected chi connectivity index (χ4v) is 2.03. The van der Waals surface area contributed by atoms with Crippen molar-refractivity contribution in [3.63, 3.8) is 0 Å². The van der Waals surface area contributed by atoms with E-state index in [0.29, 0.717) is 12.3 Å². The summed E-state index contributed by atoms with van der Waals surface area (Å²) in [5, 5.41) is 6.39. The molecule has 1 rings (SSSR count). The molecule has 0 aromatic heterocycles. The maximum Gasteiger partial charge on any atom is 0.220 e. The zero-order valence-corrected chi connectivity index (χ0v) is 10.2. The van der Waals surface area contributed by atoms with Crippen LogP contribution < -0.4 is 10.6 Å². The summed E-state index contributed by atoms with van der Waals surface area (Å²) in [6, 6.07) is 0. The largest absolute Gasteiger partial charge is 0.352 e.